The molecule has 3 aromatic rings. The third-order valence-corrected chi connectivity index (χ3v) is 7.94. The Morgan fingerprint density at radius 1 is 1.35 bits per heavy atom. The minimum atomic E-state index is -0.395. The summed E-state index contributed by atoms with van der Waals surface area (Å²) in [5, 5.41) is 14.8. The Labute approximate surface area is 204 Å². The van der Waals surface area contributed by atoms with E-state index < -0.39 is 5.25 Å². The molecule has 178 valence electrons. The maximum atomic E-state index is 13.0. The van der Waals surface area contributed by atoms with Crippen molar-refractivity contribution >= 4 is 45.9 Å². The van der Waals surface area contributed by atoms with Crippen LogP contribution in [-0.4, -0.2) is 43.3 Å². The Balaban J connectivity index is 1.39. The molecule has 0 fully saturated rings. The molecule has 3 aromatic heterocycles. The zero-order valence-corrected chi connectivity index (χ0v) is 20.5. The first kappa shape index (κ1) is 22.8. The van der Waals surface area contributed by atoms with Crippen molar-refractivity contribution in [3.05, 3.63) is 39.7 Å². The van der Waals surface area contributed by atoms with E-state index in [0.29, 0.717) is 33.8 Å². The highest BCUT2D eigenvalue weighted by atomic mass is 32.2. The molecule has 2 aliphatic heterocycles. The number of carbonyl (C=O) groups is 1. The van der Waals surface area contributed by atoms with Gasteiger partial charge in [-0.25, -0.2) is 15.4 Å². The highest BCUT2D eigenvalue weighted by Crippen LogP contribution is 2.47. The number of nitrogen functional groups attached to an aromatic ring is 1. The number of carbonyl (C=O) groups excluding carboxylic acids is 1. The summed E-state index contributed by atoms with van der Waals surface area (Å²) in [4.78, 5) is 31.3. The number of anilines is 3. The van der Waals surface area contributed by atoms with Gasteiger partial charge in [0.25, 0.3) is 0 Å². The second-order valence-corrected chi connectivity index (χ2v) is 10.4. The number of aliphatic hydroxyl groups excluding tert-OH is 1. The summed E-state index contributed by atoms with van der Waals surface area (Å²) >= 11 is 2.62. The van der Waals surface area contributed by atoms with E-state index in [9.17, 15) is 9.90 Å². The first-order chi connectivity index (χ1) is 16.4. The maximum absolute atomic E-state index is 13.0. The number of aliphatic hydroxyl groups is 1. The summed E-state index contributed by atoms with van der Waals surface area (Å²) in [6.45, 7) is 4.29. The number of hydrazine groups is 1. The van der Waals surface area contributed by atoms with Gasteiger partial charge in [0, 0.05) is 29.1 Å². The van der Waals surface area contributed by atoms with Crippen LogP contribution in [0.2, 0.25) is 0 Å². The molecule has 5 rings (SSSR count). The molecule has 5 heterocycles. The monoisotopic (exact) mass is 500 g/mol. The molecule has 2 unspecified atom stereocenters. The number of nitrogens with one attached hydrogen (secondary N) is 2. The number of thioether (sulfide) groups is 1. The molecule has 0 spiro atoms. The van der Waals surface area contributed by atoms with Crippen molar-refractivity contribution in [3.8, 4) is 5.75 Å². The Morgan fingerprint density at radius 2 is 2.18 bits per heavy atom. The van der Waals surface area contributed by atoms with Crippen molar-refractivity contribution in [1.29, 1.82) is 0 Å². The molecule has 0 bridgehead atoms. The van der Waals surface area contributed by atoms with Gasteiger partial charge in [0.1, 0.15) is 10.8 Å². The quantitative estimate of drug-likeness (QED) is 0.368. The van der Waals surface area contributed by atoms with Crippen LogP contribution in [0.1, 0.15) is 39.7 Å². The normalized spacial score (nSPS) is 18.6. The largest absolute Gasteiger partial charge is 0.496 e. The highest BCUT2D eigenvalue weighted by Gasteiger charge is 2.42. The number of hydrogen-bond donors (Lipinski definition) is 4. The van der Waals surface area contributed by atoms with E-state index in [1.165, 1.54) is 23.1 Å². The molecule has 34 heavy (non-hydrogen) atoms. The van der Waals surface area contributed by atoms with Crippen molar-refractivity contribution in [2.24, 2.45) is 0 Å². The fourth-order valence-corrected chi connectivity index (χ4v) is 6.13. The zero-order valence-electron chi connectivity index (χ0n) is 18.8. The summed E-state index contributed by atoms with van der Waals surface area (Å²) in [6.07, 6.45) is 3.89. The number of nitrogens with zero attached hydrogens (tertiary/aromatic N) is 5. The van der Waals surface area contributed by atoms with Gasteiger partial charge in [0.05, 0.1) is 42.1 Å². The average molecular weight is 501 g/mol. The van der Waals surface area contributed by atoms with E-state index in [2.05, 4.69) is 30.7 Å². The van der Waals surface area contributed by atoms with Crippen LogP contribution < -0.4 is 26.2 Å². The molecule has 2 aliphatic rings. The summed E-state index contributed by atoms with van der Waals surface area (Å²) in [6, 6.07) is -0.139. The van der Waals surface area contributed by atoms with Crippen LogP contribution in [0.25, 0.3) is 0 Å². The van der Waals surface area contributed by atoms with Gasteiger partial charge in [-0.3, -0.25) is 14.8 Å². The highest BCUT2D eigenvalue weighted by molar-refractivity contribution is 8.00. The number of thiazole rings is 1. The second kappa shape index (κ2) is 8.98. The Kier molecular flexibility index (Phi) is 6.02. The lowest BCUT2D eigenvalue weighted by molar-refractivity contribution is -0.116. The van der Waals surface area contributed by atoms with Gasteiger partial charge in [0.2, 0.25) is 11.9 Å². The number of pyridine rings is 1. The van der Waals surface area contributed by atoms with Crippen molar-refractivity contribution in [3.63, 3.8) is 0 Å². The van der Waals surface area contributed by atoms with E-state index in [-0.39, 0.29) is 24.5 Å². The Bertz CT molecular complexity index is 1270. The average Bonchev–Trinajstić information content (AvgIpc) is 3.40. The minimum absolute atomic E-state index is 0.110. The molecule has 1 amide bonds. The van der Waals surface area contributed by atoms with E-state index >= 15 is 0 Å². The summed E-state index contributed by atoms with van der Waals surface area (Å²) in [5.74, 6) is 1.49. The Morgan fingerprint density at radius 3 is 2.91 bits per heavy atom. The third kappa shape index (κ3) is 4.04. The second-order valence-electron chi connectivity index (χ2n) is 8.06. The lowest BCUT2D eigenvalue weighted by atomic mass is 10.0. The van der Waals surface area contributed by atoms with Crippen LogP contribution >= 0.6 is 23.1 Å². The van der Waals surface area contributed by atoms with Crippen LogP contribution in [0, 0.1) is 13.8 Å². The molecule has 0 aromatic carbocycles. The van der Waals surface area contributed by atoms with Gasteiger partial charge in [-0.05, 0) is 20.3 Å². The van der Waals surface area contributed by atoms with Gasteiger partial charge in [-0.2, -0.15) is 4.98 Å². The first-order valence-electron chi connectivity index (χ1n) is 10.6. The molecular formula is C21H24N8O3S2. The standard InChI is InChI=1S/C21H24N8O3S2/c1-9-5-23-13(10(2)16(9)32-3)7-29-17-15-12(28-29)4-14(34-19(15)27-20(22)25-17)18(31)26-21-24-6-11(8-30)33-21/h5-6,12,14,28,30H,4,7-8H2,1-3H3,(H2,22,25,27)(H,24,26,31). The number of rotatable bonds is 6. The molecule has 0 radical (unpaired) electrons. The topological polar surface area (TPSA) is 151 Å². The minimum Gasteiger partial charge on any atom is -0.496 e. The number of aromatic nitrogens is 4. The van der Waals surface area contributed by atoms with Crippen molar-refractivity contribution in [1.82, 2.24) is 25.4 Å². The van der Waals surface area contributed by atoms with Crippen molar-refractivity contribution in [2.45, 2.75) is 49.7 Å². The van der Waals surface area contributed by atoms with Gasteiger partial charge in [0.15, 0.2) is 10.9 Å². The molecule has 0 saturated heterocycles. The predicted molar refractivity (Wildman–Crippen MR) is 130 cm³/mol. The van der Waals surface area contributed by atoms with Crippen LogP contribution in [0.4, 0.5) is 16.9 Å². The molecule has 11 nitrogen and oxygen atoms in total. The SMILES string of the molecule is COc1c(C)cnc(CN2NC3CC(C(=O)Nc4ncc(CO)s4)Sc4nc(N)nc2c43)c1C. The van der Waals surface area contributed by atoms with E-state index in [1.54, 1.807) is 19.5 Å². The van der Waals surface area contributed by atoms with Crippen LogP contribution in [0.5, 0.6) is 5.75 Å². The van der Waals surface area contributed by atoms with Gasteiger partial charge >= 0.3 is 0 Å². The van der Waals surface area contributed by atoms with Crippen LogP contribution in [0.3, 0.4) is 0 Å². The fraction of sp³-hybridized carbons (Fsp3) is 0.381. The molecule has 13 heteroatoms. The molecule has 0 aliphatic carbocycles. The molecule has 0 saturated carbocycles. The van der Waals surface area contributed by atoms with E-state index in [0.717, 1.165) is 28.1 Å². The molecule has 2 atom stereocenters. The number of methoxy groups -OCH3 is 1. The number of aryl methyl sites for hydroxylation is 1. The van der Waals surface area contributed by atoms with Crippen LogP contribution in [-0.2, 0) is 17.9 Å². The fourth-order valence-electron chi connectivity index (χ4n) is 4.22. The lowest BCUT2D eigenvalue weighted by Crippen LogP contribution is -2.38. The number of hydrogen-bond acceptors (Lipinski definition) is 12. The smallest absolute Gasteiger partial charge is 0.239 e. The van der Waals surface area contributed by atoms with E-state index in [4.69, 9.17) is 10.5 Å². The maximum Gasteiger partial charge on any atom is 0.239 e. The molecular weight excluding hydrogens is 476 g/mol. The zero-order chi connectivity index (χ0) is 24.0. The lowest BCUT2D eigenvalue weighted by Gasteiger charge is -2.26. The number of ether oxygens (including phenoxy) is 1. The third-order valence-electron chi connectivity index (χ3n) is 5.82. The summed E-state index contributed by atoms with van der Waals surface area (Å²) in [5.41, 5.74) is 13.2. The first-order valence-corrected chi connectivity index (χ1v) is 12.3. The predicted octanol–water partition coefficient (Wildman–Crippen LogP) is 2.10. The van der Waals surface area contributed by atoms with Crippen LogP contribution in [0.15, 0.2) is 17.4 Å². The van der Waals surface area contributed by atoms with Gasteiger partial charge in [-0.1, -0.05) is 23.1 Å². The van der Waals surface area contributed by atoms with Gasteiger partial charge < -0.3 is 20.9 Å². The van der Waals surface area contributed by atoms with Crippen molar-refractivity contribution in [2.75, 3.05) is 23.2 Å². The summed E-state index contributed by atoms with van der Waals surface area (Å²) in [7, 11) is 1.65. The van der Waals surface area contributed by atoms with Gasteiger partial charge in [-0.15, -0.1) is 0 Å². The van der Waals surface area contributed by atoms with Crippen molar-refractivity contribution < 1.29 is 14.6 Å². The molecule has 5 N–H and O–H groups in total. The number of nitrogens with two attached hydrogens (primary N) is 1. The summed E-state index contributed by atoms with van der Waals surface area (Å²) < 4.78 is 5.55. The number of amides is 1. The van der Waals surface area contributed by atoms with E-state index in [1.807, 2.05) is 18.9 Å². The Hall–Kier alpha value is -3.00.